The molecule has 1 aromatic heterocycles. The van der Waals surface area contributed by atoms with E-state index in [2.05, 4.69) is 41.4 Å². The minimum atomic E-state index is 0. The van der Waals surface area contributed by atoms with Crippen molar-refractivity contribution in [1.82, 2.24) is 4.98 Å². The fourth-order valence-electron chi connectivity index (χ4n) is 2.64. The van der Waals surface area contributed by atoms with E-state index < -0.39 is 0 Å². The molecule has 4 rings (SSSR count). The minimum absolute atomic E-state index is 0. The first-order valence-corrected chi connectivity index (χ1v) is 5.53. The van der Waals surface area contributed by atoms with E-state index >= 15 is 0 Å². The van der Waals surface area contributed by atoms with Crippen LogP contribution in [0.15, 0.2) is 42.5 Å². The Hall–Kier alpha value is -0.557. The summed E-state index contributed by atoms with van der Waals surface area (Å²) in [5, 5.41) is 1.24. The number of hydrogen-bond donors (Lipinski definition) is 1. The van der Waals surface area contributed by atoms with Crippen LogP contribution in [0.1, 0.15) is 11.1 Å². The predicted octanol–water partition coefficient (Wildman–Crippen LogP) is -2.46. The zero-order chi connectivity index (χ0) is 10.5. The van der Waals surface area contributed by atoms with Crippen LogP contribution in [-0.2, 0) is 32.6 Å². The van der Waals surface area contributed by atoms with Gasteiger partial charge in [-0.2, -0.15) is 0 Å². The predicted molar refractivity (Wildman–Crippen MR) is 65.4 cm³/mol. The van der Waals surface area contributed by atoms with Gasteiger partial charge in [0.25, 0.3) is 0 Å². The van der Waals surface area contributed by atoms with E-state index in [1.807, 2.05) is 12.1 Å². The average molecular weight is 366 g/mol. The van der Waals surface area contributed by atoms with Gasteiger partial charge in [-0.3, -0.25) is 0 Å². The van der Waals surface area contributed by atoms with Crippen LogP contribution in [0.3, 0.4) is 0 Å². The molecule has 0 spiro atoms. The summed E-state index contributed by atoms with van der Waals surface area (Å²) in [4.78, 5) is 3.50. The Morgan fingerprint density at radius 1 is 1.00 bits per heavy atom. The Kier molecular flexibility index (Phi) is 5.44. The number of fused-ring (bicyclic) bond motifs is 5. The van der Waals surface area contributed by atoms with Gasteiger partial charge in [-0.1, -0.05) is 29.8 Å². The first kappa shape index (κ1) is 16.5. The second-order valence-electron chi connectivity index (χ2n) is 4.27. The standard InChI is InChI=1S/C15H10N.2ClH.Zr/c1-2-6-11-10(5-1)9-13-12-7-3-4-8-14(12)16-15(11)13;;;/h1-6,8,16H,9H2;2*1H;/q-1;;;+3/p-2. The Balaban J connectivity index is 0.000000602. The molecule has 1 heterocycles. The summed E-state index contributed by atoms with van der Waals surface area (Å²) < 4.78 is 0. The van der Waals surface area contributed by atoms with Crippen LogP contribution in [0.5, 0.6) is 0 Å². The Morgan fingerprint density at radius 3 is 2.63 bits per heavy atom. The second-order valence-corrected chi connectivity index (χ2v) is 4.27. The number of H-pyrrole nitrogens is 1. The van der Waals surface area contributed by atoms with E-state index in [0.29, 0.717) is 0 Å². The number of benzene rings is 2. The van der Waals surface area contributed by atoms with Gasteiger partial charge >= 0.3 is 26.2 Å². The molecule has 19 heavy (non-hydrogen) atoms. The van der Waals surface area contributed by atoms with Gasteiger partial charge in [0.2, 0.25) is 0 Å². The molecular formula is C15H10Cl2NZr. The summed E-state index contributed by atoms with van der Waals surface area (Å²) in [6, 6.07) is 18.1. The maximum absolute atomic E-state index is 3.50. The van der Waals surface area contributed by atoms with Crippen molar-refractivity contribution in [1.29, 1.82) is 0 Å². The van der Waals surface area contributed by atoms with E-state index in [0.717, 1.165) is 6.42 Å². The largest absolute Gasteiger partial charge is 3.00 e. The molecule has 0 atom stereocenters. The van der Waals surface area contributed by atoms with Gasteiger partial charge in [0.15, 0.2) is 0 Å². The normalized spacial score (nSPS) is 10.7. The van der Waals surface area contributed by atoms with Crippen molar-refractivity contribution in [3.05, 3.63) is 59.7 Å². The molecule has 1 aliphatic rings. The molecule has 1 radical (unpaired) electrons. The van der Waals surface area contributed by atoms with E-state index in [1.165, 1.54) is 33.3 Å². The molecule has 0 amide bonds. The second kappa shape index (κ2) is 6.26. The van der Waals surface area contributed by atoms with Crippen LogP contribution < -0.4 is 24.8 Å². The van der Waals surface area contributed by atoms with E-state index in [9.17, 15) is 0 Å². The first-order valence-electron chi connectivity index (χ1n) is 5.53. The van der Waals surface area contributed by atoms with Crippen molar-refractivity contribution in [2.24, 2.45) is 0 Å². The molecule has 4 heteroatoms. The van der Waals surface area contributed by atoms with Crippen LogP contribution in [-0.4, -0.2) is 4.98 Å². The number of hydrogen-bond acceptors (Lipinski definition) is 0. The van der Waals surface area contributed by atoms with Gasteiger partial charge in [-0.05, 0) is 28.8 Å². The molecular weight excluding hydrogens is 356 g/mol. The SMILES string of the molecule is [Cl-].[Cl-].[Zr+3].[c-]1cccc2[nH]c3c(c12)Cc1ccccc1-3. The van der Waals surface area contributed by atoms with Gasteiger partial charge in [-0.15, -0.1) is 29.7 Å². The number of nitrogens with one attached hydrogen (secondary N) is 1. The summed E-state index contributed by atoms with van der Waals surface area (Å²) in [5.74, 6) is 0. The maximum atomic E-state index is 3.50. The Labute approximate surface area is 143 Å². The third kappa shape index (κ3) is 2.42. The number of aromatic amines is 1. The number of halogens is 2. The summed E-state index contributed by atoms with van der Waals surface area (Å²) in [5.41, 5.74) is 6.65. The summed E-state index contributed by atoms with van der Waals surface area (Å²) >= 11 is 0. The van der Waals surface area contributed by atoms with E-state index in [-0.39, 0.29) is 51.0 Å². The van der Waals surface area contributed by atoms with Crippen molar-refractivity contribution >= 4 is 10.9 Å². The van der Waals surface area contributed by atoms with Gasteiger partial charge in [0.1, 0.15) is 0 Å². The molecule has 0 unspecified atom stereocenters. The van der Waals surface area contributed by atoms with E-state index in [4.69, 9.17) is 0 Å². The smallest absolute Gasteiger partial charge is 1.00 e. The topological polar surface area (TPSA) is 15.8 Å². The fraction of sp³-hybridized carbons (Fsp3) is 0.0667. The van der Waals surface area contributed by atoms with Gasteiger partial charge < -0.3 is 29.8 Å². The Bertz CT molecular complexity index is 706. The maximum Gasteiger partial charge on any atom is 3.00 e. The molecule has 0 saturated carbocycles. The molecule has 2 aromatic carbocycles. The molecule has 93 valence electrons. The molecule has 0 saturated heterocycles. The van der Waals surface area contributed by atoms with Crippen molar-refractivity contribution in [3.63, 3.8) is 0 Å². The van der Waals surface area contributed by atoms with Gasteiger partial charge in [0.05, 0.1) is 0 Å². The molecule has 1 nitrogen and oxygen atoms in total. The average Bonchev–Trinajstić information content (AvgIpc) is 2.85. The van der Waals surface area contributed by atoms with Gasteiger partial charge in [0, 0.05) is 0 Å². The molecule has 0 fully saturated rings. The van der Waals surface area contributed by atoms with Crippen LogP contribution in [0.25, 0.3) is 22.2 Å². The van der Waals surface area contributed by atoms with Crippen LogP contribution in [0.4, 0.5) is 0 Å². The minimum Gasteiger partial charge on any atom is -1.00 e. The van der Waals surface area contributed by atoms with Crippen molar-refractivity contribution in [2.45, 2.75) is 6.42 Å². The molecule has 1 aliphatic carbocycles. The van der Waals surface area contributed by atoms with E-state index in [1.54, 1.807) is 0 Å². The monoisotopic (exact) mass is 364 g/mol. The van der Waals surface area contributed by atoms with Gasteiger partial charge in [-0.25, -0.2) is 0 Å². The first-order chi connectivity index (χ1) is 7.93. The molecule has 0 aliphatic heterocycles. The Morgan fingerprint density at radius 2 is 1.79 bits per heavy atom. The number of aromatic nitrogens is 1. The van der Waals surface area contributed by atoms with Crippen molar-refractivity contribution in [2.75, 3.05) is 0 Å². The van der Waals surface area contributed by atoms with Crippen LogP contribution >= 0.6 is 0 Å². The zero-order valence-electron chi connectivity index (χ0n) is 10.0. The fourth-order valence-corrected chi connectivity index (χ4v) is 2.64. The number of rotatable bonds is 0. The van der Waals surface area contributed by atoms with Crippen LogP contribution in [0.2, 0.25) is 0 Å². The molecule has 3 aromatic rings. The quantitative estimate of drug-likeness (QED) is 0.333. The van der Waals surface area contributed by atoms with Crippen molar-refractivity contribution in [3.8, 4) is 11.3 Å². The zero-order valence-corrected chi connectivity index (χ0v) is 14.0. The molecule has 1 N–H and O–H groups in total. The summed E-state index contributed by atoms with van der Waals surface area (Å²) in [7, 11) is 0. The van der Waals surface area contributed by atoms with Crippen molar-refractivity contribution < 1.29 is 51.0 Å². The third-order valence-corrected chi connectivity index (χ3v) is 3.37. The van der Waals surface area contributed by atoms with Crippen LogP contribution in [0, 0.1) is 6.07 Å². The molecule has 0 bridgehead atoms. The summed E-state index contributed by atoms with van der Waals surface area (Å²) in [6.45, 7) is 0. The third-order valence-electron chi connectivity index (χ3n) is 3.37. The summed E-state index contributed by atoms with van der Waals surface area (Å²) in [6.07, 6.45) is 1.03.